The molecule has 0 aromatic heterocycles. The number of esters is 1. The number of phenols is 1. The van der Waals surface area contributed by atoms with Crippen LogP contribution < -0.4 is 10.1 Å². The van der Waals surface area contributed by atoms with Crippen LogP contribution in [-0.2, 0) is 19.7 Å². The Kier molecular flexibility index (Phi) is 5.64. The van der Waals surface area contributed by atoms with Crippen molar-refractivity contribution in [3.05, 3.63) is 64.4 Å². The van der Waals surface area contributed by atoms with Crippen LogP contribution >= 0.6 is 0 Å². The van der Waals surface area contributed by atoms with Gasteiger partial charge < -0.3 is 19.9 Å². The third-order valence-corrected chi connectivity index (χ3v) is 4.75. The molecule has 1 aromatic rings. The van der Waals surface area contributed by atoms with Gasteiger partial charge >= 0.3 is 5.97 Å². The smallest absolute Gasteiger partial charge is 0.334 e. The molecule has 1 heterocycles. The Morgan fingerprint density at radius 1 is 1.14 bits per heavy atom. The molecule has 0 bridgehead atoms. The molecule has 0 radical (unpaired) electrons. The molecule has 1 amide bonds. The number of phenolic OH excluding ortho intramolecular Hbond substituents is 1. The third-order valence-electron chi connectivity index (χ3n) is 4.75. The summed E-state index contributed by atoms with van der Waals surface area (Å²) in [5, 5.41) is 13.2. The Morgan fingerprint density at radius 2 is 1.86 bits per heavy atom. The molecule has 0 saturated heterocycles. The minimum absolute atomic E-state index is 0.121. The van der Waals surface area contributed by atoms with Crippen LogP contribution in [-0.4, -0.2) is 30.7 Å². The molecule has 0 fully saturated rings. The Bertz CT molecular complexity index is 974. The topological polar surface area (TPSA) is 84.9 Å². The van der Waals surface area contributed by atoms with Crippen molar-refractivity contribution in [2.24, 2.45) is 0 Å². The number of ether oxygens (including phenoxy) is 2. The summed E-state index contributed by atoms with van der Waals surface area (Å²) in [6.07, 6.45) is 8.84. The largest absolute Gasteiger partial charge is 0.508 e. The highest BCUT2D eigenvalue weighted by Crippen LogP contribution is 2.38. The fraction of sp³-hybridized carbons (Fsp3) is 0.304. The van der Waals surface area contributed by atoms with Crippen molar-refractivity contribution < 1.29 is 24.2 Å². The van der Waals surface area contributed by atoms with E-state index in [2.05, 4.69) is 5.32 Å². The van der Waals surface area contributed by atoms with Crippen molar-refractivity contribution >= 4 is 18.0 Å². The SMILES string of the molecule is COC(=O)C1=CC=CC=C(NC(=O)C2=Cc3cc(O)c(C(C)(C)C)cc3OC2)C1. The van der Waals surface area contributed by atoms with E-state index in [0.717, 1.165) is 5.56 Å². The second-order valence-corrected chi connectivity index (χ2v) is 8.01. The minimum Gasteiger partial charge on any atom is -0.508 e. The Labute approximate surface area is 170 Å². The molecule has 2 N–H and O–H groups in total. The Hall–Kier alpha value is -3.28. The normalized spacial score (nSPS) is 15.8. The molecule has 3 rings (SSSR count). The van der Waals surface area contributed by atoms with Crippen molar-refractivity contribution in [1.29, 1.82) is 0 Å². The number of fused-ring (bicyclic) bond motifs is 1. The van der Waals surface area contributed by atoms with E-state index in [9.17, 15) is 14.7 Å². The lowest BCUT2D eigenvalue weighted by Crippen LogP contribution is -2.28. The molecule has 1 aromatic carbocycles. The van der Waals surface area contributed by atoms with Crippen LogP contribution in [0.15, 0.2) is 53.3 Å². The predicted octanol–water partition coefficient (Wildman–Crippen LogP) is 3.52. The monoisotopic (exact) mass is 395 g/mol. The summed E-state index contributed by atoms with van der Waals surface area (Å²) in [4.78, 5) is 24.5. The molecule has 152 valence electrons. The molecular formula is C23H25NO5. The molecule has 0 unspecified atom stereocenters. The number of allylic oxidation sites excluding steroid dienone is 5. The second-order valence-electron chi connectivity index (χ2n) is 8.01. The van der Waals surface area contributed by atoms with Crippen molar-refractivity contribution in [3.63, 3.8) is 0 Å². The first-order chi connectivity index (χ1) is 13.7. The van der Waals surface area contributed by atoms with Crippen LogP contribution in [0, 0.1) is 0 Å². The molecule has 1 aliphatic heterocycles. The van der Waals surface area contributed by atoms with Gasteiger partial charge in [0.05, 0.1) is 12.7 Å². The van der Waals surface area contributed by atoms with E-state index in [0.29, 0.717) is 28.2 Å². The van der Waals surface area contributed by atoms with E-state index in [-0.39, 0.29) is 30.1 Å². The average molecular weight is 395 g/mol. The molecule has 2 aliphatic rings. The Balaban J connectivity index is 1.79. The van der Waals surface area contributed by atoms with Gasteiger partial charge in [-0.25, -0.2) is 4.79 Å². The van der Waals surface area contributed by atoms with Gasteiger partial charge in [-0.15, -0.1) is 0 Å². The number of rotatable bonds is 3. The molecule has 0 atom stereocenters. The summed E-state index contributed by atoms with van der Waals surface area (Å²) < 4.78 is 10.5. The number of carbonyl (C=O) groups is 2. The predicted molar refractivity (Wildman–Crippen MR) is 110 cm³/mol. The van der Waals surface area contributed by atoms with Gasteiger partial charge in [0.1, 0.15) is 18.1 Å². The maximum absolute atomic E-state index is 12.7. The molecule has 6 heteroatoms. The van der Waals surface area contributed by atoms with Crippen LogP contribution in [0.5, 0.6) is 11.5 Å². The van der Waals surface area contributed by atoms with Crippen molar-refractivity contribution in [1.82, 2.24) is 5.32 Å². The number of nitrogens with one attached hydrogen (secondary N) is 1. The van der Waals surface area contributed by atoms with Crippen molar-refractivity contribution in [2.45, 2.75) is 32.6 Å². The first-order valence-electron chi connectivity index (χ1n) is 9.36. The summed E-state index contributed by atoms with van der Waals surface area (Å²) in [6, 6.07) is 3.44. The van der Waals surface area contributed by atoms with Gasteiger partial charge in [0.15, 0.2) is 0 Å². The van der Waals surface area contributed by atoms with Gasteiger partial charge in [-0.05, 0) is 29.7 Å². The first-order valence-corrected chi connectivity index (χ1v) is 9.36. The van der Waals surface area contributed by atoms with Gasteiger partial charge in [-0.1, -0.05) is 39.0 Å². The van der Waals surface area contributed by atoms with E-state index in [4.69, 9.17) is 9.47 Å². The summed E-state index contributed by atoms with van der Waals surface area (Å²) in [5.74, 6) is 0.0517. The van der Waals surface area contributed by atoms with Gasteiger partial charge in [-0.3, -0.25) is 4.79 Å². The number of carbonyl (C=O) groups excluding carboxylic acids is 2. The molecular weight excluding hydrogens is 370 g/mol. The van der Waals surface area contributed by atoms with Gasteiger partial charge in [0.25, 0.3) is 5.91 Å². The zero-order chi connectivity index (χ0) is 21.2. The number of benzene rings is 1. The third kappa shape index (κ3) is 4.59. The van der Waals surface area contributed by atoms with Crippen molar-refractivity contribution in [3.8, 4) is 11.5 Å². The minimum atomic E-state index is -0.434. The number of hydrogen-bond donors (Lipinski definition) is 2. The quantitative estimate of drug-likeness (QED) is 0.765. The fourth-order valence-corrected chi connectivity index (χ4v) is 3.19. The van der Waals surface area contributed by atoms with Crippen LogP contribution in [0.1, 0.15) is 38.3 Å². The molecule has 0 saturated carbocycles. The Morgan fingerprint density at radius 3 is 2.55 bits per heavy atom. The zero-order valence-electron chi connectivity index (χ0n) is 17.0. The first kappa shape index (κ1) is 20.5. The lowest BCUT2D eigenvalue weighted by molar-refractivity contribution is -0.136. The highest BCUT2D eigenvalue weighted by molar-refractivity contribution is 6.00. The summed E-state index contributed by atoms with van der Waals surface area (Å²) in [7, 11) is 1.32. The maximum atomic E-state index is 12.7. The molecule has 1 aliphatic carbocycles. The van der Waals surface area contributed by atoms with E-state index >= 15 is 0 Å². The highest BCUT2D eigenvalue weighted by atomic mass is 16.5. The summed E-state index contributed by atoms with van der Waals surface area (Å²) in [5.41, 5.74) is 2.67. The van der Waals surface area contributed by atoms with Crippen LogP contribution in [0.25, 0.3) is 6.08 Å². The van der Waals surface area contributed by atoms with Crippen LogP contribution in [0.2, 0.25) is 0 Å². The molecule has 29 heavy (non-hydrogen) atoms. The lowest BCUT2D eigenvalue weighted by Gasteiger charge is -2.24. The van der Waals surface area contributed by atoms with Crippen LogP contribution in [0.4, 0.5) is 0 Å². The van der Waals surface area contributed by atoms with Gasteiger partial charge in [-0.2, -0.15) is 0 Å². The number of hydrogen-bond acceptors (Lipinski definition) is 5. The second kappa shape index (κ2) is 7.99. The van der Waals surface area contributed by atoms with Gasteiger partial charge in [0.2, 0.25) is 0 Å². The number of aromatic hydroxyl groups is 1. The molecule has 0 spiro atoms. The van der Waals surface area contributed by atoms with E-state index < -0.39 is 5.97 Å². The number of amides is 1. The van der Waals surface area contributed by atoms with E-state index in [1.807, 2.05) is 26.8 Å². The zero-order valence-corrected chi connectivity index (χ0v) is 17.0. The van der Waals surface area contributed by atoms with E-state index in [1.54, 1.807) is 36.4 Å². The summed E-state index contributed by atoms with van der Waals surface area (Å²) >= 11 is 0. The highest BCUT2D eigenvalue weighted by Gasteiger charge is 2.24. The summed E-state index contributed by atoms with van der Waals surface area (Å²) in [6.45, 7) is 6.16. The van der Waals surface area contributed by atoms with E-state index in [1.165, 1.54) is 7.11 Å². The van der Waals surface area contributed by atoms with Crippen molar-refractivity contribution in [2.75, 3.05) is 13.7 Å². The standard InChI is InChI=1S/C23H25NO5/c1-23(2,3)18-12-20-15(11-19(18)25)9-16(13-29-20)21(26)24-17-8-6-5-7-14(10-17)22(27)28-4/h5-9,11-12,25H,10,13H2,1-4H3,(H,24,26). The average Bonchev–Trinajstić information content (AvgIpc) is 2.91. The fourth-order valence-electron chi connectivity index (χ4n) is 3.19. The molecule has 6 nitrogen and oxygen atoms in total. The maximum Gasteiger partial charge on any atom is 0.334 e. The van der Waals surface area contributed by atoms with Crippen LogP contribution in [0.3, 0.4) is 0 Å². The lowest BCUT2D eigenvalue weighted by atomic mass is 9.85. The van der Waals surface area contributed by atoms with Gasteiger partial charge in [0, 0.05) is 28.8 Å². The number of methoxy groups -OCH3 is 1.